The molecule has 0 saturated heterocycles. The van der Waals surface area contributed by atoms with Crippen LogP contribution in [-0.2, 0) is 11.3 Å². The molecule has 0 atom stereocenters. The minimum atomic E-state index is -0.328. The van der Waals surface area contributed by atoms with E-state index in [4.69, 9.17) is 11.6 Å². The fourth-order valence-corrected chi connectivity index (χ4v) is 2.97. The molecular formula is C26H29ClN4O2. The Morgan fingerprint density at radius 2 is 1.88 bits per heavy atom. The Bertz CT molecular complexity index is 1220. The Morgan fingerprint density at radius 1 is 1.21 bits per heavy atom. The van der Waals surface area contributed by atoms with Gasteiger partial charge in [-0.25, -0.2) is 4.79 Å². The molecule has 33 heavy (non-hydrogen) atoms. The number of aromatic amines is 1. The van der Waals surface area contributed by atoms with Gasteiger partial charge in [-0.05, 0) is 61.9 Å². The summed E-state index contributed by atoms with van der Waals surface area (Å²) in [6.45, 7) is 6.31. The van der Waals surface area contributed by atoms with Gasteiger partial charge in [-0.1, -0.05) is 50.3 Å². The van der Waals surface area contributed by atoms with Crippen LogP contribution in [0, 0.1) is 23.2 Å². The molecule has 1 fully saturated rings. The van der Waals surface area contributed by atoms with E-state index >= 15 is 0 Å². The molecule has 0 spiro atoms. The first-order valence-electron chi connectivity index (χ1n) is 10.9. The van der Waals surface area contributed by atoms with Crippen molar-refractivity contribution >= 4 is 17.9 Å². The Hall–Kier alpha value is -3.14. The number of aromatic nitrogens is 3. The number of aldehydes is 1. The van der Waals surface area contributed by atoms with Gasteiger partial charge in [0.25, 0.3) is 0 Å². The van der Waals surface area contributed by atoms with Gasteiger partial charge >= 0.3 is 5.69 Å². The fraction of sp³-hybridized carbons (Fsp3) is 0.346. The molecule has 2 aromatic carbocycles. The lowest BCUT2D eigenvalue weighted by Gasteiger charge is -2.06. The van der Waals surface area contributed by atoms with Crippen molar-refractivity contribution < 1.29 is 4.79 Å². The lowest BCUT2D eigenvalue weighted by molar-refractivity contribution is -0.113. The van der Waals surface area contributed by atoms with E-state index in [0.717, 1.165) is 23.0 Å². The Kier molecular flexibility index (Phi) is 7.91. The minimum absolute atomic E-state index is 0.139. The normalized spacial score (nSPS) is 12.9. The highest BCUT2D eigenvalue weighted by molar-refractivity contribution is 6.32. The van der Waals surface area contributed by atoms with E-state index in [-0.39, 0.29) is 11.1 Å². The van der Waals surface area contributed by atoms with E-state index in [1.165, 1.54) is 17.5 Å². The molecule has 0 bridgehead atoms. The fourth-order valence-electron chi connectivity index (χ4n) is 2.78. The molecule has 0 unspecified atom stereocenters. The molecule has 1 saturated carbocycles. The highest BCUT2D eigenvalue weighted by Crippen LogP contribution is 2.27. The largest absolute Gasteiger partial charge is 0.348 e. The molecule has 172 valence electrons. The van der Waals surface area contributed by atoms with Crippen LogP contribution in [0.5, 0.6) is 0 Å². The van der Waals surface area contributed by atoms with Gasteiger partial charge in [0.15, 0.2) is 5.82 Å². The monoisotopic (exact) mass is 464 g/mol. The molecule has 0 aliphatic heterocycles. The molecule has 7 heteroatoms. The number of hydrogen-bond donors (Lipinski definition) is 2. The summed E-state index contributed by atoms with van der Waals surface area (Å²) in [6, 6.07) is 13.3. The standard InChI is InChI=1S/C21H19ClN4O.C5H10O/c1-23-13-16-8-11-18(22)19(12-16)26-21(27)24-20(25-26)17-9-6-15(7-10-17)5-4-14-2-3-14;1-5(2,3)4-6/h6-12,14,23H,2-3,13H2,1H3,(H,24,25,27);4H,1-3H3. The Morgan fingerprint density at radius 3 is 2.45 bits per heavy atom. The van der Waals surface area contributed by atoms with Gasteiger partial charge in [0.1, 0.15) is 6.29 Å². The van der Waals surface area contributed by atoms with Crippen molar-refractivity contribution in [2.24, 2.45) is 11.3 Å². The first kappa shape index (κ1) is 24.5. The zero-order chi connectivity index (χ0) is 24.0. The third-order valence-corrected chi connectivity index (χ3v) is 5.07. The quantitative estimate of drug-likeness (QED) is 0.437. The highest BCUT2D eigenvalue weighted by atomic mass is 35.5. The van der Waals surface area contributed by atoms with E-state index in [0.29, 0.717) is 29.0 Å². The molecule has 1 aliphatic carbocycles. The van der Waals surface area contributed by atoms with Crippen molar-refractivity contribution in [3.63, 3.8) is 0 Å². The first-order chi connectivity index (χ1) is 15.7. The average Bonchev–Trinajstić information content (AvgIpc) is 3.54. The lowest BCUT2D eigenvalue weighted by Crippen LogP contribution is -2.17. The second-order valence-electron chi connectivity index (χ2n) is 9.11. The van der Waals surface area contributed by atoms with Crippen LogP contribution < -0.4 is 11.0 Å². The number of halogens is 1. The number of carbonyl (C=O) groups excluding carboxylic acids is 1. The maximum absolute atomic E-state index is 12.4. The van der Waals surface area contributed by atoms with E-state index in [1.807, 2.05) is 64.2 Å². The number of nitrogens with zero attached hydrogens (tertiary/aromatic N) is 2. The predicted molar refractivity (Wildman–Crippen MR) is 133 cm³/mol. The van der Waals surface area contributed by atoms with Gasteiger partial charge in [0, 0.05) is 29.0 Å². The lowest BCUT2D eigenvalue weighted by atomic mass is 10.0. The SMILES string of the molecule is CC(C)(C)C=O.CNCc1ccc(Cl)c(-n2nc(-c3ccc(C#CC4CC4)cc3)[nH]c2=O)c1. The van der Waals surface area contributed by atoms with Gasteiger partial charge in [-0.2, -0.15) is 4.68 Å². The van der Waals surface area contributed by atoms with Crippen LogP contribution in [-0.4, -0.2) is 28.1 Å². The maximum atomic E-state index is 12.4. The minimum Gasteiger partial charge on any atom is -0.316 e. The van der Waals surface area contributed by atoms with Crippen molar-refractivity contribution in [2.75, 3.05) is 7.05 Å². The van der Waals surface area contributed by atoms with Crippen LogP contribution in [0.2, 0.25) is 5.02 Å². The Labute approximate surface area is 199 Å². The second-order valence-corrected chi connectivity index (χ2v) is 9.52. The number of benzene rings is 2. The number of carbonyl (C=O) groups is 1. The van der Waals surface area contributed by atoms with Crippen LogP contribution in [0.25, 0.3) is 17.1 Å². The molecule has 2 N–H and O–H groups in total. The van der Waals surface area contributed by atoms with E-state index in [9.17, 15) is 9.59 Å². The molecule has 4 rings (SSSR count). The smallest absolute Gasteiger partial charge is 0.316 e. The van der Waals surface area contributed by atoms with Gasteiger partial charge in [-0.3, -0.25) is 4.98 Å². The number of H-pyrrole nitrogens is 1. The summed E-state index contributed by atoms with van der Waals surface area (Å²) >= 11 is 6.30. The van der Waals surface area contributed by atoms with Gasteiger partial charge in [-0.15, -0.1) is 5.10 Å². The molecule has 0 radical (unpaired) electrons. The third-order valence-electron chi connectivity index (χ3n) is 4.75. The summed E-state index contributed by atoms with van der Waals surface area (Å²) < 4.78 is 1.30. The van der Waals surface area contributed by atoms with Crippen molar-refractivity contribution in [3.05, 3.63) is 69.1 Å². The number of hydrogen-bond acceptors (Lipinski definition) is 4. The van der Waals surface area contributed by atoms with Crippen LogP contribution in [0.1, 0.15) is 44.7 Å². The summed E-state index contributed by atoms with van der Waals surface area (Å²) in [5.74, 6) is 7.49. The second kappa shape index (κ2) is 10.7. The summed E-state index contributed by atoms with van der Waals surface area (Å²) in [5.41, 5.74) is 2.91. The molecule has 1 aromatic heterocycles. The summed E-state index contributed by atoms with van der Waals surface area (Å²) in [7, 11) is 1.87. The van der Waals surface area contributed by atoms with Crippen molar-refractivity contribution in [1.82, 2.24) is 20.1 Å². The van der Waals surface area contributed by atoms with Gasteiger partial charge in [0.2, 0.25) is 0 Å². The average molecular weight is 465 g/mol. The number of rotatable bonds is 4. The molecule has 6 nitrogen and oxygen atoms in total. The van der Waals surface area contributed by atoms with Crippen LogP contribution >= 0.6 is 11.6 Å². The molecule has 1 aliphatic rings. The van der Waals surface area contributed by atoms with Crippen LogP contribution in [0.15, 0.2) is 47.3 Å². The zero-order valence-electron chi connectivity index (χ0n) is 19.4. The van der Waals surface area contributed by atoms with E-state index in [2.05, 4.69) is 27.2 Å². The molecular weight excluding hydrogens is 436 g/mol. The predicted octanol–water partition coefficient (Wildman–Crippen LogP) is 4.59. The zero-order valence-corrected chi connectivity index (χ0v) is 20.2. The Balaban J connectivity index is 0.000000454. The molecule has 0 amide bonds. The van der Waals surface area contributed by atoms with Crippen molar-refractivity contribution in [1.29, 1.82) is 0 Å². The first-order valence-corrected chi connectivity index (χ1v) is 11.3. The summed E-state index contributed by atoms with van der Waals surface area (Å²) in [5, 5.41) is 7.99. The van der Waals surface area contributed by atoms with Crippen molar-refractivity contribution in [3.8, 4) is 28.9 Å². The maximum Gasteiger partial charge on any atom is 0.348 e. The summed E-state index contributed by atoms with van der Waals surface area (Å²) in [4.78, 5) is 25.1. The van der Waals surface area contributed by atoms with Crippen LogP contribution in [0.4, 0.5) is 0 Å². The highest BCUT2D eigenvalue weighted by Gasteiger charge is 2.17. The molecule has 3 aromatic rings. The third kappa shape index (κ3) is 7.18. The van der Waals surface area contributed by atoms with Crippen molar-refractivity contribution in [2.45, 2.75) is 40.2 Å². The summed E-state index contributed by atoms with van der Waals surface area (Å²) in [6.07, 6.45) is 3.36. The van der Waals surface area contributed by atoms with Gasteiger partial charge in [0.05, 0.1) is 10.7 Å². The van der Waals surface area contributed by atoms with E-state index in [1.54, 1.807) is 6.07 Å². The van der Waals surface area contributed by atoms with E-state index < -0.39 is 0 Å². The molecule has 1 heterocycles. The van der Waals surface area contributed by atoms with Gasteiger partial charge < -0.3 is 10.1 Å². The van der Waals surface area contributed by atoms with Crippen LogP contribution in [0.3, 0.4) is 0 Å². The topological polar surface area (TPSA) is 79.8 Å². The number of nitrogens with one attached hydrogen (secondary N) is 2.